The molecule has 0 atom stereocenters. The van der Waals surface area contributed by atoms with Crippen LogP contribution in [-0.2, 0) is 10.0 Å². The minimum absolute atomic E-state index is 0. The fraction of sp³-hybridized carbons (Fsp3) is 0.643. The van der Waals surface area contributed by atoms with Gasteiger partial charge in [-0.3, -0.25) is 4.79 Å². The van der Waals surface area contributed by atoms with Gasteiger partial charge >= 0.3 is 0 Å². The molecule has 1 saturated heterocycles. The summed E-state index contributed by atoms with van der Waals surface area (Å²) in [7, 11) is -3.57. The first-order valence-electron chi connectivity index (χ1n) is 7.55. The third-order valence-corrected chi connectivity index (χ3v) is 5.70. The molecule has 1 aliphatic rings. The van der Waals surface area contributed by atoms with Crippen LogP contribution in [0.1, 0.15) is 42.0 Å². The first kappa shape index (κ1) is 20.0. The van der Waals surface area contributed by atoms with E-state index >= 15 is 0 Å². The molecule has 2 heterocycles. The quantitative estimate of drug-likeness (QED) is 0.707. The minimum atomic E-state index is -3.57. The third-order valence-electron chi connectivity index (χ3n) is 3.70. The van der Waals surface area contributed by atoms with E-state index in [1.54, 1.807) is 6.92 Å². The number of hydrogen-bond donors (Lipinski definition) is 2. The molecule has 1 aromatic heterocycles. The average molecular weight is 366 g/mol. The van der Waals surface area contributed by atoms with E-state index in [1.165, 1.54) is 10.4 Å². The van der Waals surface area contributed by atoms with E-state index in [-0.39, 0.29) is 28.8 Å². The van der Waals surface area contributed by atoms with Gasteiger partial charge in [0.15, 0.2) is 5.76 Å². The monoisotopic (exact) mass is 365 g/mol. The summed E-state index contributed by atoms with van der Waals surface area (Å²) in [5.41, 5.74) is 5.38. The van der Waals surface area contributed by atoms with E-state index in [2.05, 4.69) is 5.32 Å². The van der Waals surface area contributed by atoms with E-state index < -0.39 is 15.9 Å². The molecule has 0 radical (unpaired) electrons. The SMILES string of the molecule is Cc1oc(C(=O)NCCCCN)cc1S(=O)(=O)N1CCCC1.Cl. The minimum Gasteiger partial charge on any atom is -0.455 e. The Morgan fingerprint density at radius 3 is 2.61 bits per heavy atom. The topological polar surface area (TPSA) is 106 Å². The molecule has 1 aliphatic heterocycles. The lowest BCUT2D eigenvalue weighted by molar-refractivity contribution is 0.0924. The highest BCUT2D eigenvalue weighted by Crippen LogP contribution is 2.26. The van der Waals surface area contributed by atoms with Gasteiger partial charge in [-0.1, -0.05) is 0 Å². The van der Waals surface area contributed by atoms with Gasteiger partial charge < -0.3 is 15.5 Å². The molecule has 0 spiro atoms. The molecular weight excluding hydrogens is 342 g/mol. The van der Waals surface area contributed by atoms with Crippen molar-refractivity contribution in [1.29, 1.82) is 0 Å². The van der Waals surface area contributed by atoms with Gasteiger partial charge in [-0.15, -0.1) is 12.4 Å². The Kier molecular flexibility index (Phi) is 7.53. The van der Waals surface area contributed by atoms with Crippen molar-refractivity contribution in [3.05, 3.63) is 17.6 Å². The lowest BCUT2D eigenvalue weighted by Crippen LogP contribution is -2.28. The number of nitrogens with one attached hydrogen (secondary N) is 1. The number of nitrogens with two attached hydrogens (primary N) is 1. The molecule has 0 saturated carbocycles. The second-order valence-corrected chi connectivity index (χ2v) is 7.30. The normalized spacial score (nSPS) is 15.4. The second kappa shape index (κ2) is 8.68. The predicted octanol–water partition coefficient (Wildman–Crippen LogP) is 1.26. The Hall–Kier alpha value is -1.09. The number of furan rings is 1. The summed E-state index contributed by atoms with van der Waals surface area (Å²) in [6.07, 6.45) is 3.34. The molecule has 3 N–H and O–H groups in total. The molecule has 0 aromatic carbocycles. The Labute approximate surface area is 143 Å². The van der Waals surface area contributed by atoms with Crippen LogP contribution in [0.15, 0.2) is 15.4 Å². The number of unbranched alkanes of at least 4 members (excludes halogenated alkanes) is 1. The van der Waals surface area contributed by atoms with Crippen molar-refractivity contribution in [1.82, 2.24) is 9.62 Å². The standard InChI is InChI=1S/C14H23N3O4S.ClH/c1-11-13(22(19,20)17-8-4-5-9-17)10-12(21-11)14(18)16-7-3-2-6-15;/h10H,2-9,15H2,1H3,(H,16,18);1H. The summed E-state index contributed by atoms with van der Waals surface area (Å²) >= 11 is 0. The fourth-order valence-corrected chi connectivity index (χ4v) is 4.14. The number of rotatable bonds is 7. The van der Waals surface area contributed by atoms with Crippen LogP contribution in [0.4, 0.5) is 0 Å². The van der Waals surface area contributed by atoms with Crippen molar-refractivity contribution in [2.24, 2.45) is 5.73 Å². The number of halogens is 1. The molecule has 132 valence electrons. The zero-order chi connectivity index (χ0) is 16.2. The van der Waals surface area contributed by atoms with Crippen molar-refractivity contribution >= 4 is 28.3 Å². The molecule has 1 amide bonds. The van der Waals surface area contributed by atoms with Gasteiger partial charge in [0.25, 0.3) is 5.91 Å². The highest BCUT2D eigenvalue weighted by Gasteiger charge is 2.31. The largest absolute Gasteiger partial charge is 0.455 e. The molecule has 0 unspecified atom stereocenters. The summed E-state index contributed by atoms with van der Waals surface area (Å²) in [5, 5.41) is 2.70. The summed E-state index contributed by atoms with van der Waals surface area (Å²) in [6, 6.07) is 1.32. The van der Waals surface area contributed by atoms with Crippen LogP contribution in [0.25, 0.3) is 0 Å². The molecule has 0 aliphatic carbocycles. The van der Waals surface area contributed by atoms with Crippen molar-refractivity contribution in [3.8, 4) is 0 Å². The molecule has 2 rings (SSSR count). The molecule has 0 bridgehead atoms. The van der Waals surface area contributed by atoms with E-state index in [4.69, 9.17) is 10.2 Å². The van der Waals surface area contributed by atoms with Crippen LogP contribution in [0, 0.1) is 6.92 Å². The van der Waals surface area contributed by atoms with Crippen LogP contribution < -0.4 is 11.1 Å². The van der Waals surface area contributed by atoms with Gasteiger partial charge in [-0.2, -0.15) is 4.31 Å². The number of carbonyl (C=O) groups is 1. The van der Waals surface area contributed by atoms with Crippen LogP contribution >= 0.6 is 12.4 Å². The summed E-state index contributed by atoms with van der Waals surface area (Å²) in [4.78, 5) is 12.1. The van der Waals surface area contributed by atoms with Gasteiger partial charge in [0.1, 0.15) is 10.7 Å². The van der Waals surface area contributed by atoms with Crippen molar-refractivity contribution in [3.63, 3.8) is 0 Å². The maximum absolute atomic E-state index is 12.5. The van der Waals surface area contributed by atoms with Crippen LogP contribution in [0.2, 0.25) is 0 Å². The van der Waals surface area contributed by atoms with Crippen molar-refractivity contribution in [2.75, 3.05) is 26.2 Å². The number of sulfonamides is 1. The van der Waals surface area contributed by atoms with Crippen molar-refractivity contribution in [2.45, 2.75) is 37.5 Å². The Morgan fingerprint density at radius 2 is 2.00 bits per heavy atom. The van der Waals surface area contributed by atoms with Gasteiger partial charge in [-0.05, 0) is 39.2 Å². The summed E-state index contributed by atoms with van der Waals surface area (Å²) in [6.45, 7) is 3.67. The number of hydrogen-bond acceptors (Lipinski definition) is 5. The maximum atomic E-state index is 12.5. The molecule has 1 fully saturated rings. The summed E-state index contributed by atoms with van der Waals surface area (Å²) < 4.78 is 31.8. The second-order valence-electron chi connectivity index (χ2n) is 5.39. The number of nitrogens with zero attached hydrogens (tertiary/aromatic N) is 1. The average Bonchev–Trinajstić information content (AvgIpc) is 3.13. The van der Waals surface area contributed by atoms with E-state index in [1.807, 2.05) is 0 Å². The van der Waals surface area contributed by atoms with E-state index in [0.717, 1.165) is 25.7 Å². The molecule has 9 heteroatoms. The van der Waals surface area contributed by atoms with Crippen LogP contribution in [0.5, 0.6) is 0 Å². The lowest BCUT2D eigenvalue weighted by Gasteiger charge is -2.14. The summed E-state index contributed by atoms with van der Waals surface area (Å²) in [5.74, 6) is -0.120. The third kappa shape index (κ3) is 4.69. The Balaban J connectivity index is 0.00000264. The Morgan fingerprint density at radius 1 is 1.35 bits per heavy atom. The fourth-order valence-electron chi connectivity index (χ4n) is 2.46. The van der Waals surface area contributed by atoms with E-state index in [0.29, 0.717) is 26.2 Å². The van der Waals surface area contributed by atoms with Gasteiger partial charge in [0, 0.05) is 25.7 Å². The molecule has 7 nitrogen and oxygen atoms in total. The zero-order valence-corrected chi connectivity index (χ0v) is 14.8. The Bertz CT molecular complexity index is 624. The smallest absolute Gasteiger partial charge is 0.287 e. The van der Waals surface area contributed by atoms with E-state index in [9.17, 15) is 13.2 Å². The van der Waals surface area contributed by atoms with Gasteiger partial charge in [-0.25, -0.2) is 8.42 Å². The molecule has 1 aromatic rings. The maximum Gasteiger partial charge on any atom is 0.287 e. The first-order chi connectivity index (χ1) is 10.5. The first-order valence-corrected chi connectivity index (χ1v) is 8.99. The number of amides is 1. The molecule has 23 heavy (non-hydrogen) atoms. The predicted molar refractivity (Wildman–Crippen MR) is 89.3 cm³/mol. The number of aryl methyl sites for hydroxylation is 1. The highest BCUT2D eigenvalue weighted by atomic mass is 35.5. The van der Waals surface area contributed by atoms with Crippen molar-refractivity contribution < 1.29 is 17.6 Å². The van der Waals surface area contributed by atoms with Crippen LogP contribution in [-0.4, -0.2) is 44.8 Å². The highest BCUT2D eigenvalue weighted by molar-refractivity contribution is 7.89. The van der Waals surface area contributed by atoms with Gasteiger partial charge in [0.05, 0.1) is 0 Å². The molecular formula is C14H24ClN3O4S. The van der Waals surface area contributed by atoms with Crippen LogP contribution in [0.3, 0.4) is 0 Å². The number of carbonyl (C=O) groups excluding carboxylic acids is 1. The lowest BCUT2D eigenvalue weighted by atomic mass is 10.3. The zero-order valence-electron chi connectivity index (χ0n) is 13.2. The van der Waals surface area contributed by atoms with Gasteiger partial charge in [0.2, 0.25) is 10.0 Å².